The molecule has 1 saturated heterocycles. The summed E-state index contributed by atoms with van der Waals surface area (Å²) in [6.07, 6.45) is 5.69. The summed E-state index contributed by atoms with van der Waals surface area (Å²) in [4.78, 5) is 16.1. The van der Waals surface area contributed by atoms with Gasteiger partial charge in [0, 0.05) is 19.0 Å². The summed E-state index contributed by atoms with van der Waals surface area (Å²) in [6, 6.07) is 9.98. The first kappa shape index (κ1) is 15.7. The molecule has 0 saturated carbocycles. The van der Waals surface area contributed by atoms with Crippen molar-refractivity contribution in [2.24, 2.45) is 0 Å². The highest BCUT2D eigenvalue weighted by molar-refractivity contribution is 5.76. The van der Waals surface area contributed by atoms with E-state index in [1.165, 1.54) is 0 Å². The van der Waals surface area contributed by atoms with Crippen LogP contribution in [0.15, 0.2) is 49.1 Å². The number of imidazole rings is 1. The molecule has 1 aliphatic rings. The Bertz CT molecular complexity index is 601. The minimum Gasteiger partial charge on any atom is -0.379 e. The topological polar surface area (TPSA) is 65.4 Å². The van der Waals surface area contributed by atoms with Crippen LogP contribution >= 0.6 is 0 Å². The number of amides is 1. The zero-order valence-electron chi connectivity index (χ0n) is 12.9. The quantitative estimate of drug-likeness (QED) is 0.874. The van der Waals surface area contributed by atoms with Gasteiger partial charge in [-0.2, -0.15) is 0 Å². The van der Waals surface area contributed by atoms with Crippen LogP contribution in [-0.2, 0) is 27.4 Å². The van der Waals surface area contributed by atoms with Gasteiger partial charge in [0.1, 0.15) is 12.6 Å². The number of ether oxygens (including phenoxy) is 2. The molecule has 1 aromatic carbocycles. The number of nitrogens with one attached hydrogen (secondary N) is 1. The van der Waals surface area contributed by atoms with Crippen LogP contribution in [0, 0.1) is 0 Å². The van der Waals surface area contributed by atoms with Gasteiger partial charge in [0.25, 0.3) is 0 Å². The van der Waals surface area contributed by atoms with E-state index in [0.717, 1.165) is 12.0 Å². The molecule has 2 heterocycles. The average Bonchev–Trinajstić information content (AvgIpc) is 3.08. The number of carbonyl (C=O) groups excluding carboxylic acids is 1. The maximum Gasteiger partial charge on any atom is 0.240 e. The number of benzene rings is 1. The summed E-state index contributed by atoms with van der Waals surface area (Å²) in [5.74, 6) is -0.0387. The molecular weight excluding hydrogens is 294 g/mol. The molecule has 1 N–H and O–H groups in total. The maximum absolute atomic E-state index is 12.1. The number of nitrogens with zero attached hydrogens (tertiary/aromatic N) is 2. The van der Waals surface area contributed by atoms with E-state index >= 15 is 0 Å². The molecule has 1 fully saturated rings. The lowest BCUT2D eigenvalue weighted by molar-refractivity contribution is -0.127. The molecule has 1 aliphatic heterocycles. The van der Waals surface area contributed by atoms with Crippen LogP contribution in [0.25, 0.3) is 0 Å². The molecule has 1 amide bonds. The Labute approximate surface area is 135 Å². The van der Waals surface area contributed by atoms with Crippen LogP contribution < -0.4 is 5.32 Å². The van der Waals surface area contributed by atoms with E-state index in [0.29, 0.717) is 19.8 Å². The fourth-order valence-corrected chi connectivity index (χ4v) is 2.62. The van der Waals surface area contributed by atoms with Gasteiger partial charge in [-0.05, 0) is 12.0 Å². The fraction of sp³-hybridized carbons (Fsp3) is 0.412. The van der Waals surface area contributed by atoms with E-state index in [9.17, 15) is 4.79 Å². The van der Waals surface area contributed by atoms with E-state index in [4.69, 9.17) is 9.47 Å². The first-order valence-corrected chi connectivity index (χ1v) is 7.79. The van der Waals surface area contributed by atoms with Gasteiger partial charge in [0.15, 0.2) is 0 Å². The zero-order valence-corrected chi connectivity index (χ0v) is 12.9. The highest BCUT2D eigenvalue weighted by Gasteiger charge is 2.27. The summed E-state index contributed by atoms with van der Waals surface area (Å²) >= 11 is 0. The Balaban J connectivity index is 1.52. The second kappa shape index (κ2) is 7.89. The van der Waals surface area contributed by atoms with Gasteiger partial charge in [0.2, 0.25) is 5.91 Å². The lowest BCUT2D eigenvalue weighted by atomic mass is 10.1. The predicted octanol–water partition coefficient (Wildman–Crippen LogP) is 1.37. The molecule has 2 aromatic rings. The van der Waals surface area contributed by atoms with Crippen molar-refractivity contribution in [2.75, 3.05) is 13.2 Å². The minimum atomic E-state index is -0.129. The van der Waals surface area contributed by atoms with Crippen LogP contribution in [-0.4, -0.2) is 40.8 Å². The van der Waals surface area contributed by atoms with E-state index in [1.807, 2.05) is 30.3 Å². The zero-order chi connectivity index (χ0) is 15.9. The molecule has 3 rings (SSSR count). The van der Waals surface area contributed by atoms with Crippen molar-refractivity contribution in [3.63, 3.8) is 0 Å². The molecular formula is C17H21N3O3. The number of hydrogen-bond donors (Lipinski definition) is 1. The van der Waals surface area contributed by atoms with Crippen LogP contribution in [0.2, 0.25) is 0 Å². The molecule has 6 heteroatoms. The number of aromatic nitrogens is 2. The van der Waals surface area contributed by atoms with Crippen molar-refractivity contribution in [1.82, 2.24) is 14.9 Å². The molecule has 2 atom stereocenters. The lowest BCUT2D eigenvalue weighted by Crippen LogP contribution is -2.50. The second-order valence-corrected chi connectivity index (χ2v) is 5.61. The standard InChI is InChI=1S/C17H21N3O3/c21-17(10-20-8-7-18-13-20)19-15-6-9-22-12-16(15)23-11-14-4-2-1-3-5-14/h1-5,7-8,13,15-16H,6,9-12H2,(H,19,21)/t15-,16-/m1/s1. The highest BCUT2D eigenvalue weighted by atomic mass is 16.5. The summed E-state index contributed by atoms with van der Waals surface area (Å²) < 4.78 is 13.2. The Hall–Kier alpha value is -2.18. The molecule has 0 aliphatic carbocycles. The first-order chi connectivity index (χ1) is 11.3. The Kier molecular flexibility index (Phi) is 5.39. The van der Waals surface area contributed by atoms with E-state index in [1.54, 1.807) is 23.3 Å². The normalized spacial score (nSPS) is 21.0. The van der Waals surface area contributed by atoms with E-state index in [2.05, 4.69) is 10.3 Å². The smallest absolute Gasteiger partial charge is 0.240 e. The summed E-state index contributed by atoms with van der Waals surface area (Å²) in [5, 5.41) is 3.05. The largest absolute Gasteiger partial charge is 0.379 e. The molecule has 1 aromatic heterocycles. The van der Waals surface area contributed by atoms with Gasteiger partial charge in [-0.3, -0.25) is 4.79 Å². The Morgan fingerprint density at radius 1 is 1.39 bits per heavy atom. The molecule has 0 spiro atoms. The highest BCUT2D eigenvalue weighted by Crippen LogP contribution is 2.14. The summed E-state index contributed by atoms with van der Waals surface area (Å²) in [7, 11) is 0. The van der Waals surface area contributed by atoms with Crippen LogP contribution in [0.4, 0.5) is 0 Å². The summed E-state index contributed by atoms with van der Waals surface area (Å²) in [5.41, 5.74) is 1.11. The van der Waals surface area contributed by atoms with Gasteiger partial charge < -0.3 is 19.4 Å². The van der Waals surface area contributed by atoms with E-state index < -0.39 is 0 Å². The lowest BCUT2D eigenvalue weighted by Gasteiger charge is -2.32. The molecule has 122 valence electrons. The van der Waals surface area contributed by atoms with Crippen molar-refractivity contribution < 1.29 is 14.3 Å². The minimum absolute atomic E-state index is 0.0246. The number of hydrogen-bond acceptors (Lipinski definition) is 4. The molecule has 23 heavy (non-hydrogen) atoms. The monoisotopic (exact) mass is 315 g/mol. The van der Waals surface area contributed by atoms with E-state index in [-0.39, 0.29) is 24.6 Å². The van der Waals surface area contributed by atoms with Gasteiger partial charge in [-0.15, -0.1) is 0 Å². The fourth-order valence-electron chi connectivity index (χ4n) is 2.62. The Morgan fingerprint density at radius 3 is 3.04 bits per heavy atom. The number of carbonyl (C=O) groups is 1. The third kappa shape index (κ3) is 4.64. The van der Waals surface area contributed by atoms with Crippen molar-refractivity contribution in [3.8, 4) is 0 Å². The first-order valence-electron chi connectivity index (χ1n) is 7.79. The molecule has 6 nitrogen and oxygen atoms in total. The third-order valence-corrected chi connectivity index (χ3v) is 3.84. The molecule has 0 unspecified atom stereocenters. The van der Waals surface area contributed by atoms with Crippen LogP contribution in [0.1, 0.15) is 12.0 Å². The number of rotatable bonds is 6. The van der Waals surface area contributed by atoms with Gasteiger partial charge in [-0.25, -0.2) is 4.98 Å². The van der Waals surface area contributed by atoms with Crippen LogP contribution in [0.3, 0.4) is 0 Å². The Morgan fingerprint density at radius 2 is 2.26 bits per heavy atom. The van der Waals surface area contributed by atoms with Crippen molar-refractivity contribution in [1.29, 1.82) is 0 Å². The SMILES string of the molecule is O=C(Cn1ccnc1)N[C@@H]1CCOC[C@H]1OCc1ccccc1. The molecule has 0 bridgehead atoms. The average molecular weight is 315 g/mol. The van der Waals surface area contributed by atoms with Gasteiger partial charge >= 0.3 is 0 Å². The van der Waals surface area contributed by atoms with Crippen molar-refractivity contribution >= 4 is 5.91 Å². The van der Waals surface area contributed by atoms with Crippen molar-refractivity contribution in [2.45, 2.75) is 31.7 Å². The second-order valence-electron chi connectivity index (χ2n) is 5.61. The summed E-state index contributed by atoms with van der Waals surface area (Å²) in [6.45, 7) is 1.93. The predicted molar refractivity (Wildman–Crippen MR) is 84.6 cm³/mol. The van der Waals surface area contributed by atoms with Crippen molar-refractivity contribution in [3.05, 3.63) is 54.6 Å². The van der Waals surface area contributed by atoms with Crippen LogP contribution in [0.5, 0.6) is 0 Å². The van der Waals surface area contributed by atoms with Gasteiger partial charge in [-0.1, -0.05) is 30.3 Å². The molecule has 0 radical (unpaired) electrons. The third-order valence-electron chi connectivity index (χ3n) is 3.84. The maximum atomic E-state index is 12.1. The van der Waals surface area contributed by atoms with Gasteiger partial charge in [0.05, 0.1) is 25.6 Å².